The zero-order chi connectivity index (χ0) is 22.6. The summed E-state index contributed by atoms with van der Waals surface area (Å²) in [6.45, 7) is 6.39. The lowest BCUT2D eigenvalue weighted by molar-refractivity contribution is -0.138. The molecule has 3 rings (SSSR count). The Bertz CT molecular complexity index is 854. The monoisotopic (exact) mass is 447 g/mol. The number of aromatic carboxylic acids is 1. The molecule has 170 valence electrons. The number of hydrogen-bond acceptors (Lipinski definition) is 5. The Morgan fingerprint density at radius 2 is 2.00 bits per heavy atom. The zero-order valence-corrected chi connectivity index (χ0v) is 19.5. The molecule has 0 aromatic carbocycles. The van der Waals surface area contributed by atoms with E-state index in [0.29, 0.717) is 35.9 Å². The number of anilines is 1. The summed E-state index contributed by atoms with van der Waals surface area (Å²) < 4.78 is 5.93. The maximum atomic E-state index is 13.5. The summed E-state index contributed by atoms with van der Waals surface area (Å²) in [5.74, 6) is 5.30. The van der Waals surface area contributed by atoms with Crippen LogP contribution < -0.4 is 4.90 Å². The Morgan fingerprint density at radius 1 is 1.29 bits per heavy atom. The van der Waals surface area contributed by atoms with E-state index in [1.54, 1.807) is 11.0 Å². The summed E-state index contributed by atoms with van der Waals surface area (Å²) in [6, 6.07) is 1.59. The first-order valence-corrected chi connectivity index (χ1v) is 12.0. The summed E-state index contributed by atoms with van der Waals surface area (Å²) in [5, 5.41) is 19.1. The smallest absolute Gasteiger partial charge is 0.348 e. The predicted molar refractivity (Wildman–Crippen MR) is 122 cm³/mol. The fourth-order valence-corrected chi connectivity index (χ4v) is 5.19. The zero-order valence-electron chi connectivity index (χ0n) is 18.6. The molecule has 2 heterocycles. The molecule has 1 aliphatic heterocycles. The molecule has 1 saturated heterocycles. The van der Waals surface area contributed by atoms with E-state index in [2.05, 4.69) is 11.8 Å². The minimum atomic E-state index is -1.04. The molecule has 2 atom stereocenters. The van der Waals surface area contributed by atoms with Crippen LogP contribution in [0, 0.1) is 23.2 Å². The molecule has 0 bridgehead atoms. The highest BCUT2D eigenvalue weighted by Gasteiger charge is 2.42. The Morgan fingerprint density at radius 3 is 2.61 bits per heavy atom. The number of carboxylic acids is 1. The van der Waals surface area contributed by atoms with Gasteiger partial charge in [0.05, 0.1) is 23.2 Å². The number of thiophene rings is 1. The largest absolute Gasteiger partial charge is 0.477 e. The molecule has 0 spiro atoms. The molecule has 31 heavy (non-hydrogen) atoms. The van der Waals surface area contributed by atoms with E-state index in [1.807, 2.05) is 20.8 Å². The van der Waals surface area contributed by atoms with Gasteiger partial charge in [0.15, 0.2) is 0 Å². The normalized spacial score (nSPS) is 22.8. The topological polar surface area (TPSA) is 87.1 Å². The minimum Gasteiger partial charge on any atom is -0.477 e. The van der Waals surface area contributed by atoms with Crippen molar-refractivity contribution in [2.24, 2.45) is 11.3 Å². The number of morpholine rings is 1. The highest BCUT2D eigenvalue weighted by molar-refractivity contribution is 7.15. The van der Waals surface area contributed by atoms with E-state index in [9.17, 15) is 19.8 Å². The Labute approximate surface area is 188 Å². The molecule has 1 saturated carbocycles. The van der Waals surface area contributed by atoms with Gasteiger partial charge in [-0.05, 0) is 58.4 Å². The Balaban J connectivity index is 2.01. The molecule has 1 amide bonds. The van der Waals surface area contributed by atoms with Crippen LogP contribution >= 0.6 is 11.3 Å². The van der Waals surface area contributed by atoms with Crippen LogP contribution in [0.3, 0.4) is 0 Å². The van der Waals surface area contributed by atoms with Crippen molar-refractivity contribution in [3.05, 3.63) is 15.8 Å². The van der Waals surface area contributed by atoms with E-state index >= 15 is 0 Å². The van der Waals surface area contributed by atoms with Crippen LogP contribution in [0.25, 0.3) is 0 Å². The van der Waals surface area contributed by atoms with Crippen LogP contribution in [0.2, 0.25) is 0 Å². The van der Waals surface area contributed by atoms with E-state index < -0.39 is 12.1 Å². The third kappa shape index (κ3) is 5.88. The lowest BCUT2D eigenvalue weighted by Crippen LogP contribution is -2.57. The lowest BCUT2D eigenvalue weighted by Gasteiger charge is -2.44. The van der Waals surface area contributed by atoms with Gasteiger partial charge < -0.3 is 19.8 Å². The van der Waals surface area contributed by atoms with Gasteiger partial charge in [0.1, 0.15) is 11.0 Å². The molecule has 1 aliphatic carbocycles. The standard InChI is InChI=1S/C24H33NO5S/c1-24(2,3)12-11-17-14-18(21(31-17)23(28)29)25-19(16-8-5-4-6-9-16)15-30-20(22(25)27)10-7-13-26/h14,16,19-20,26H,4-10,13,15H2,1-3H3,(H,28,29)/t19-,20?/m0/s1. The number of carboxylic acid groups (broad SMARTS) is 1. The SMILES string of the molecule is CC(C)(C)C#Cc1cc(N2C(=O)C(CCCO)OC[C@H]2C2CCCCC2)c(C(=O)O)s1. The van der Waals surface area contributed by atoms with Gasteiger partial charge in [0.25, 0.3) is 5.91 Å². The van der Waals surface area contributed by atoms with Crippen molar-refractivity contribution >= 4 is 28.9 Å². The van der Waals surface area contributed by atoms with Gasteiger partial charge >= 0.3 is 5.97 Å². The summed E-state index contributed by atoms with van der Waals surface area (Å²) >= 11 is 1.12. The second kappa shape index (κ2) is 10.2. The van der Waals surface area contributed by atoms with Crippen molar-refractivity contribution in [3.63, 3.8) is 0 Å². The maximum Gasteiger partial charge on any atom is 0.348 e. The first-order chi connectivity index (χ1) is 14.7. The average molecular weight is 448 g/mol. The number of amides is 1. The van der Waals surface area contributed by atoms with Gasteiger partial charge in [-0.25, -0.2) is 4.79 Å². The van der Waals surface area contributed by atoms with Gasteiger partial charge in [0, 0.05) is 12.0 Å². The van der Waals surface area contributed by atoms with E-state index in [4.69, 9.17) is 4.74 Å². The van der Waals surface area contributed by atoms with Crippen LogP contribution in [-0.4, -0.2) is 47.4 Å². The highest BCUT2D eigenvalue weighted by atomic mass is 32.1. The summed E-state index contributed by atoms with van der Waals surface area (Å²) in [7, 11) is 0. The van der Waals surface area contributed by atoms with Crippen LogP contribution in [0.15, 0.2) is 6.07 Å². The van der Waals surface area contributed by atoms with E-state index in [1.165, 1.54) is 6.42 Å². The van der Waals surface area contributed by atoms with Gasteiger partial charge in [-0.15, -0.1) is 11.3 Å². The Kier molecular flexibility index (Phi) is 7.79. The van der Waals surface area contributed by atoms with Crippen LogP contribution in [0.4, 0.5) is 5.69 Å². The molecule has 2 fully saturated rings. The number of carbonyl (C=O) groups is 2. The van der Waals surface area contributed by atoms with Crippen molar-refractivity contribution in [1.82, 2.24) is 0 Å². The quantitative estimate of drug-likeness (QED) is 0.635. The van der Waals surface area contributed by atoms with E-state index in [-0.39, 0.29) is 28.8 Å². The molecular formula is C24H33NO5S. The van der Waals surface area contributed by atoms with E-state index in [0.717, 1.165) is 37.0 Å². The number of carbonyl (C=O) groups excluding carboxylic acids is 1. The number of hydrogen-bond donors (Lipinski definition) is 2. The van der Waals surface area contributed by atoms with Crippen molar-refractivity contribution in [1.29, 1.82) is 0 Å². The molecule has 1 aromatic heterocycles. The van der Waals surface area contributed by atoms with Gasteiger partial charge in [-0.2, -0.15) is 0 Å². The molecule has 0 radical (unpaired) electrons. The molecule has 2 aliphatic rings. The Hall–Kier alpha value is -1.88. The number of rotatable bonds is 6. The van der Waals surface area contributed by atoms with Crippen LogP contribution in [0.5, 0.6) is 0 Å². The summed E-state index contributed by atoms with van der Waals surface area (Å²) in [5.41, 5.74) is 0.232. The van der Waals surface area contributed by atoms with Crippen molar-refractivity contribution in [2.75, 3.05) is 18.1 Å². The molecular weight excluding hydrogens is 414 g/mol. The van der Waals surface area contributed by atoms with Gasteiger partial charge in [-0.3, -0.25) is 4.79 Å². The van der Waals surface area contributed by atoms with Gasteiger partial charge in [0.2, 0.25) is 0 Å². The summed E-state index contributed by atoms with van der Waals surface area (Å²) in [6.07, 6.45) is 5.71. The molecule has 6 nitrogen and oxygen atoms in total. The van der Waals surface area contributed by atoms with Crippen molar-refractivity contribution < 1.29 is 24.5 Å². The van der Waals surface area contributed by atoms with Crippen molar-refractivity contribution in [3.8, 4) is 11.8 Å². The molecule has 1 aromatic rings. The lowest BCUT2D eigenvalue weighted by atomic mass is 9.82. The second-order valence-electron chi connectivity index (χ2n) is 9.49. The molecule has 2 N–H and O–H groups in total. The van der Waals surface area contributed by atoms with Gasteiger partial charge in [-0.1, -0.05) is 31.1 Å². The minimum absolute atomic E-state index is 0.00936. The molecule has 1 unspecified atom stereocenters. The third-order valence-corrected chi connectivity index (χ3v) is 6.89. The first kappa shape index (κ1) is 23.8. The first-order valence-electron chi connectivity index (χ1n) is 11.2. The number of aliphatic hydroxyl groups is 1. The van der Waals surface area contributed by atoms with Crippen LogP contribution in [0.1, 0.15) is 80.3 Å². The third-order valence-electron chi connectivity index (χ3n) is 5.86. The fraction of sp³-hybridized carbons (Fsp3) is 0.667. The predicted octanol–water partition coefficient (Wildman–Crippen LogP) is 4.30. The fourth-order valence-electron chi connectivity index (χ4n) is 4.35. The van der Waals surface area contributed by atoms with Crippen LogP contribution in [-0.2, 0) is 9.53 Å². The maximum absolute atomic E-state index is 13.5. The number of aliphatic hydroxyl groups excluding tert-OH is 1. The number of nitrogens with zero attached hydrogens (tertiary/aromatic N) is 1. The second-order valence-corrected chi connectivity index (χ2v) is 10.5. The summed E-state index contributed by atoms with van der Waals surface area (Å²) in [4.78, 5) is 28.1. The highest BCUT2D eigenvalue weighted by Crippen LogP contribution is 2.39. The van der Waals surface area contributed by atoms with Crippen molar-refractivity contribution in [2.45, 2.75) is 77.9 Å². The molecule has 7 heteroatoms. The average Bonchev–Trinajstić information content (AvgIpc) is 3.15. The number of ether oxygens (including phenoxy) is 1.